The van der Waals surface area contributed by atoms with Crippen molar-refractivity contribution >= 4 is 5.97 Å². The third-order valence-corrected chi connectivity index (χ3v) is 2.21. The molecule has 2 unspecified atom stereocenters. The summed E-state index contributed by atoms with van der Waals surface area (Å²) in [6.07, 6.45) is 2.13. The van der Waals surface area contributed by atoms with E-state index in [1.54, 1.807) is 0 Å². The number of esters is 1. The third-order valence-electron chi connectivity index (χ3n) is 2.21. The molecule has 0 aliphatic carbocycles. The van der Waals surface area contributed by atoms with E-state index < -0.39 is 17.9 Å². The van der Waals surface area contributed by atoms with Gasteiger partial charge in [-0.3, -0.25) is 0 Å². The van der Waals surface area contributed by atoms with Gasteiger partial charge in [0.15, 0.2) is 0 Å². The lowest BCUT2D eigenvalue weighted by Crippen LogP contribution is -2.46. The predicted octanol–water partition coefficient (Wildman–Crippen LogP) is 1.63. The number of rotatable bonds is 7. The third kappa shape index (κ3) is 4.01. The topological polar surface area (TPSA) is 55.8 Å². The summed E-state index contributed by atoms with van der Waals surface area (Å²) < 4.78 is 10.0. The van der Waals surface area contributed by atoms with Crippen LogP contribution in [0.4, 0.5) is 0 Å². The van der Waals surface area contributed by atoms with Gasteiger partial charge >= 0.3 is 5.97 Å². The van der Waals surface area contributed by atoms with Gasteiger partial charge in [0, 0.05) is 19.6 Å². The SMILES string of the molecule is C=CC(=O)OC(O)(CCC)C(CC)OC. The molecule has 88 valence electrons. The molecule has 0 bridgehead atoms. The zero-order chi connectivity index (χ0) is 11.9. The van der Waals surface area contributed by atoms with Crippen LogP contribution in [0.5, 0.6) is 0 Å². The van der Waals surface area contributed by atoms with E-state index >= 15 is 0 Å². The lowest BCUT2D eigenvalue weighted by Gasteiger charge is -2.33. The average Bonchev–Trinajstić information content (AvgIpc) is 2.19. The molecule has 0 amide bonds. The van der Waals surface area contributed by atoms with Crippen LogP contribution in [0, 0.1) is 0 Å². The number of methoxy groups -OCH3 is 1. The molecule has 0 aromatic carbocycles. The van der Waals surface area contributed by atoms with Crippen LogP contribution in [0.2, 0.25) is 0 Å². The van der Waals surface area contributed by atoms with E-state index in [2.05, 4.69) is 6.58 Å². The van der Waals surface area contributed by atoms with Crippen LogP contribution >= 0.6 is 0 Å². The molecule has 0 radical (unpaired) electrons. The Labute approximate surface area is 90.9 Å². The van der Waals surface area contributed by atoms with Gasteiger partial charge in [-0.25, -0.2) is 4.79 Å². The highest BCUT2D eigenvalue weighted by atomic mass is 16.7. The summed E-state index contributed by atoms with van der Waals surface area (Å²) in [6.45, 7) is 7.05. The van der Waals surface area contributed by atoms with Gasteiger partial charge in [-0.15, -0.1) is 0 Å². The smallest absolute Gasteiger partial charge is 0.332 e. The van der Waals surface area contributed by atoms with E-state index in [1.807, 2.05) is 13.8 Å². The van der Waals surface area contributed by atoms with Crippen LogP contribution in [0.3, 0.4) is 0 Å². The fourth-order valence-corrected chi connectivity index (χ4v) is 1.52. The maximum atomic E-state index is 11.1. The fraction of sp³-hybridized carbons (Fsp3) is 0.727. The zero-order valence-electron chi connectivity index (χ0n) is 9.66. The molecular weight excluding hydrogens is 196 g/mol. The fourth-order valence-electron chi connectivity index (χ4n) is 1.52. The highest BCUT2D eigenvalue weighted by molar-refractivity contribution is 5.81. The van der Waals surface area contributed by atoms with Crippen LogP contribution < -0.4 is 0 Å². The normalized spacial score (nSPS) is 16.5. The minimum atomic E-state index is -1.55. The molecule has 15 heavy (non-hydrogen) atoms. The molecule has 0 saturated heterocycles. The van der Waals surface area contributed by atoms with Crippen molar-refractivity contribution in [3.63, 3.8) is 0 Å². The second-order valence-electron chi connectivity index (χ2n) is 3.35. The van der Waals surface area contributed by atoms with Gasteiger partial charge in [0.1, 0.15) is 6.10 Å². The first-order chi connectivity index (χ1) is 7.03. The quantitative estimate of drug-likeness (QED) is 0.399. The first-order valence-electron chi connectivity index (χ1n) is 5.14. The number of aliphatic hydroxyl groups is 1. The van der Waals surface area contributed by atoms with Crippen LogP contribution in [0.15, 0.2) is 12.7 Å². The Balaban J connectivity index is 4.69. The van der Waals surface area contributed by atoms with Gasteiger partial charge < -0.3 is 14.6 Å². The van der Waals surface area contributed by atoms with Crippen LogP contribution in [0.1, 0.15) is 33.1 Å². The Morgan fingerprint density at radius 2 is 2.20 bits per heavy atom. The van der Waals surface area contributed by atoms with Crippen molar-refractivity contribution in [1.29, 1.82) is 0 Å². The van der Waals surface area contributed by atoms with Crippen LogP contribution in [-0.2, 0) is 14.3 Å². The van der Waals surface area contributed by atoms with Crippen LogP contribution in [0.25, 0.3) is 0 Å². The van der Waals surface area contributed by atoms with Crippen molar-refractivity contribution < 1.29 is 19.4 Å². The number of carbonyl (C=O) groups is 1. The molecule has 0 saturated carbocycles. The minimum Gasteiger partial charge on any atom is -0.427 e. The lowest BCUT2D eigenvalue weighted by molar-refractivity contribution is -0.252. The molecule has 0 rings (SSSR count). The summed E-state index contributed by atoms with van der Waals surface area (Å²) in [5.41, 5.74) is 0. The molecule has 1 N–H and O–H groups in total. The van der Waals surface area contributed by atoms with Gasteiger partial charge in [0.2, 0.25) is 5.79 Å². The molecule has 0 aliphatic rings. The maximum absolute atomic E-state index is 11.1. The molecule has 4 heteroatoms. The molecule has 0 aromatic rings. The molecule has 4 nitrogen and oxygen atoms in total. The molecule has 2 atom stereocenters. The summed E-state index contributed by atoms with van der Waals surface area (Å²) in [5.74, 6) is -2.19. The number of hydrogen-bond donors (Lipinski definition) is 1. The summed E-state index contributed by atoms with van der Waals surface area (Å²) >= 11 is 0. The summed E-state index contributed by atoms with van der Waals surface area (Å²) in [5, 5.41) is 10.2. The highest BCUT2D eigenvalue weighted by Gasteiger charge is 2.38. The maximum Gasteiger partial charge on any atom is 0.332 e. The predicted molar refractivity (Wildman–Crippen MR) is 57.2 cm³/mol. The highest BCUT2D eigenvalue weighted by Crippen LogP contribution is 2.24. The van der Waals surface area contributed by atoms with Gasteiger partial charge in [0.05, 0.1) is 0 Å². The Hall–Kier alpha value is -0.870. The lowest BCUT2D eigenvalue weighted by atomic mass is 10.0. The first-order valence-corrected chi connectivity index (χ1v) is 5.14. The van der Waals surface area contributed by atoms with Gasteiger partial charge in [-0.1, -0.05) is 20.4 Å². The van der Waals surface area contributed by atoms with Gasteiger partial charge in [0.25, 0.3) is 0 Å². The molecule has 0 heterocycles. The summed E-state index contributed by atoms with van der Waals surface area (Å²) in [7, 11) is 1.48. The number of carbonyl (C=O) groups excluding carboxylic acids is 1. The second-order valence-corrected chi connectivity index (χ2v) is 3.35. The number of hydrogen-bond acceptors (Lipinski definition) is 4. The van der Waals surface area contributed by atoms with Crippen molar-refractivity contribution in [1.82, 2.24) is 0 Å². The Morgan fingerprint density at radius 1 is 1.60 bits per heavy atom. The monoisotopic (exact) mass is 216 g/mol. The standard InChI is InChI=1S/C11H20O4/c1-5-8-11(13,9(6-2)14-4)15-10(12)7-3/h7,9,13H,3,5-6,8H2,1-2,4H3. The Kier molecular flexibility index (Phi) is 6.20. The molecule has 0 aliphatic heterocycles. The van der Waals surface area contributed by atoms with E-state index in [1.165, 1.54) is 7.11 Å². The Morgan fingerprint density at radius 3 is 2.53 bits per heavy atom. The van der Waals surface area contributed by atoms with E-state index in [9.17, 15) is 9.90 Å². The largest absolute Gasteiger partial charge is 0.427 e. The summed E-state index contributed by atoms with van der Waals surface area (Å²) in [4.78, 5) is 11.1. The first kappa shape index (κ1) is 14.1. The van der Waals surface area contributed by atoms with Crippen molar-refractivity contribution in [3.05, 3.63) is 12.7 Å². The molecule has 0 spiro atoms. The second kappa shape index (κ2) is 6.58. The van der Waals surface area contributed by atoms with Crippen molar-refractivity contribution in [2.75, 3.05) is 7.11 Å². The molecule has 0 fully saturated rings. The van der Waals surface area contributed by atoms with Crippen molar-refractivity contribution in [2.45, 2.75) is 45.0 Å². The number of ether oxygens (including phenoxy) is 2. The van der Waals surface area contributed by atoms with Crippen molar-refractivity contribution in [3.8, 4) is 0 Å². The average molecular weight is 216 g/mol. The van der Waals surface area contributed by atoms with Gasteiger partial charge in [-0.2, -0.15) is 0 Å². The minimum absolute atomic E-state index is 0.346. The Bertz CT molecular complexity index is 211. The van der Waals surface area contributed by atoms with E-state index in [0.717, 1.165) is 6.08 Å². The zero-order valence-corrected chi connectivity index (χ0v) is 9.66. The molecule has 0 aromatic heterocycles. The van der Waals surface area contributed by atoms with E-state index in [-0.39, 0.29) is 0 Å². The van der Waals surface area contributed by atoms with E-state index in [0.29, 0.717) is 19.3 Å². The van der Waals surface area contributed by atoms with Crippen LogP contribution in [-0.4, -0.2) is 30.1 Å². The molecular formula is C11H20O4. The summed E-state index contributed by atoms with van der Waals surface area (Å²) in [6, 6.07) is 0. The van der Waals surface area contributed by atoms with Crippen molar-refractivity contribution in [2.24, 2.45) is 0 Å². The van der Waals surface area contributed by atoms with E-state index in [4.69, 9.17) is 9.47 Å². The van der Waals surface area contributed by atoms with Gasteiger partial charge in [-0.05, 0) is 12.8 Å².